The molecule has 0 aliphatic heterocycles. The van der Waals surface area contributed by atoms with E-state index in [2.05, 4.69) is 43.3 Å². The summed E-state index contributed by atoms with van der Waals surface area (Å²) in [6.07, 6.45) is 4.15. The van der Waals surface area contributed by atoms with E-state index in [1.54, 1.807) is 0 Å². The van der Waals surface area contributed by atoms with Crippen LogP contribution in [0.4, 0.5) is 0 Å². The Morgan fingerprint density at radius 1 is 1.04 bits per heavy atom. The SMILES string of the molecule is CN(C)CC1CCCC(Cc2ccccc2)C1(O)c1cccc(Cl)c1. The number of hydrogen-bond donors (Lipinski definition) is 1. The van der Waals surface area contributed by atoms with Crippen molar-refractivity contribution in [3.05, 3.63) is 70.7 Å². The van der Waals surface area contributed by atoms with Gasteiger partial charge in [0.05, 0.1) is 5.60 Å². The number of rotatable bonds is 5. The minimum Gasteiger partial charge on any atom is -0.385 e. The molecule has 134 valence electrons. The average Bonchev–Trinajstić information content (AvgIpc) is 2.59. The standard InChI is InChI=1S/C22H28ClNO/c1-24(2)16-20-12-6-10-18(14-17-8-4-3-5-9-17)22(20,25)19-11-7-13-21(23)15-19/h3-5,7-9,11,13,15,18,20,25H,6,10,12,14,16H2,1-2H3. The normalized spacial score (nSPS) is 26.8. The molecule has 2 aromatic carbocycles. The second-order valence-corrected chi connectivity index (χ2v) is 8.05. The van der Waals surface area contributed by atoms with E-state index < -0.39 is 5.60 Å². The first-order valence-electron chi connectivity index (χ1n) is 9.17. The minimum atomic E-state index is -0.844. The van der Waals surface area contributed by atoms with Gasteiger partial charge in [-0.3, -0.25) is 0 Å². The van der Waals surface area contributed by atoms with Gasteiger partial charge in [0.15, 0.2) is 0 Å². The highest BCUT2D eigenvalue weighted by atomic mass is 35.5. The lowest BCUT2D eigenvalue weighted by Gasteiger charge is -2.47. The summed E-state index contributed by atoms with van der Waals surface area (Å²) >= 11 is 6.27. The van der Waals surface area contributed by atoms with Gasteiger partial charge in [-0.25, -0.2) is 0 Å². The molecule has 1 aliphatic rings. The molecule has 3 heteroatoms. The monoisotopic (exact) mass is 357 g/mol. The number of benzene rings is 2. The first-order chi connectivity index (χ1) is 12.0. The van der Waals surface area contributed by atoms with Crippen molar-refractivity contribution in [3.8, 4) is 0 Å². The molecule has 2 aromatic rings. The maximum atomic E-state index is 12.0. The number of nitrogens with zero attached hydrogens (tertiary/aromatic N) is 1. The van der Waals surface area contributed by atoms with Gasteiger partial charge in [0.25, 0.3) is 0 Å². The van der Waals surface area contributed by atoms with Crippen LogP contribution in [0.1, 0.15) is 30.4 Å². The van der Waals surface area contributed by atoms with Gasteiger partial charge in [-0.05, 0) is 62.5 Å². The molecule has 1 N–H and O–H groups in total. The van der Waals surface area contributed by atoms with Crippen LogP contribution in [0.5, 0.6) is 0 Å². The quantitative estimate of drug-likeness (QED) is 0.834. The van der Waals surface area contributed by atoms with E-state index in [0.717, 1.165) is 31.4 Å². The Kier molecular flexibility index (Phi) is 5.83. The van der Waals surface area contributed by atoms with Crippen LogP contribution in [0, 0.1) is 11.8 Å². The van der Waals surface area contributed by atoms with Crippen LogP contribution >= 0.6 is 11.6 Å². The van der Waals surface area contributed by atoms with Crippen molar-refractivity contribution in [2.45, 2.75) is 31.3 Å². The molecule has 3 unspecified atom stereocenters. The van der Waals surface area contributed by atoms with Crippen molar-refractivity contribution in [2.24, 2.45) is 11.8 Å². The maximum absolute atomic E-state index is 12.0. The van der Waals surface area contributed by atoms with Crippen LogP contribution in [0.3, 0.4) is 0 Å². The second-order valence-electron chi connectivity index (χ2n) is 7.61. The summed E-state index contributed by atoms with van der Waals surface area (Å²) < 4.78 is 0. The van der Waals surface area contributed by atoms with Crippen molar-refractivity contribution in [1.82, 2.24) is 4.90 Å². The molecule has 2 nitrogen and oxygen atoms in total. The predicted molar refractivity (Wildman–Crippen MR) is 105 cm³/mol. The molecule has 3 atom stereocenters. The summed E-state index contributed by atoms with van der Waals surface area (Å²) in [6.45, 7) is 0.883. The highest BCUT2D eigenvalue weighted by Gasteiger charge is 2.47. The molecule has 1 saturated carbocycles. The van der Waals surface area contributed by atoms with Crippen LogP contribution < -0.4 is 0 Å². The first kappa shape index (κ1) is 18.4. The molecule has 3 rings (SSSR count). The molecule has 1 aliphatic carbocycles. The van der Waals surface area contributed by atoms with E-state index in [9.17, 15) is 5.11 Å². The average molecular weight is 358 g/mol. The van der Waals surface area contributed by atoms with Crippen LogP contribution in [0.2, 0.25) is 5.02 Å². The van der Waals surface area contributed by atoms with Crippen molar-refractivity contribution >= 4 is 11.6 Å². The lowest BCUT2D eigenvalue weighted by Crippen LogP contribution is -2.49. The second kappa shape index (κ2) is 7.90. The summed E-state index contributed by atoms with van der Waals surface area (Å²) in [5, 5.41) is 12.7. The van der Waals surface area contributed by atoms with Gasteiger partial charge in [-0.1, -0.05) is 60.5 Å². The Morgan fingerprint density at radius 2 is 1.76 bits per heavy atom. The zero-order chi connectivity index (χ0) is 17.9. The van der Waals surface area contributed by atoms with E-state index in [-0.39, 0.29) is 11.8 Å². The molecule has 1 fully saturated rings. The molecule has 0 aromatic heterocycles. The van der Waals surface area contributed by atoms with E-state index in [1.165, 1.54) is 12.0 Å². The third-order valence-electron chi connectivity index (χ3n) is 5.55. The van der Waals surface area contributed by atoms with Gasteiger partial charge in [0.1, 0.15) is 0 Å². The number of halogens is 1. The summed E-state index contributed by atoms with van der Waals surface area (Å²) in [7, 11) is 4.17. The molecule has 0 spiro atoms. The van der Waals surface area contributed by atoms with Gasteiger partial charge in [0.2, 0.25) is 0 Å². The minimum absolute atomic E-state index is 0.201. The van der Waals surface area contributed by atoms with E-state index in [0.29, 0.717) is 5.02 Å². The summed E-state index contributed by atoms with van der Waals surface area (Å²) in [5.41, 5.74) is 1.41. The zero-order valence-electron chi connectivity index (χ0n) is 15.2. The molecule has 0 heterocycles. The van der Waals surface area contributed by atoms with Crippen molar-refractivity contribution in [3.63, 3.8) is 0 Å². The van der Waals surface area contributed by atoms with Crippen LogP contribution in [0.25, 0.3) is 0 Å². The Bertz CT molecular complexity index is 687. The van der Waals surface area contributed by atoms with Crippen molar-refractivity contribution in [2.75, 3.05) is 20.6 Å². The van der Waals surface area contributed by atoms with Crippen LogP contribution in [-0.2, 0) is 12.0 Å². The first-order valence-corrected chi connectivity index (χ1v) is 9.55. The van der Waals surface area contributed by atoms with E-state index in [4.69, 9.17) is 11.6 Å². The Labute approximate surface area is 156 Å². The largest absolute Gasteiger partial charge is 0.385 e. The number of hydrogen-bond acceptors (Lipinski definition) is 2. The van der Waals surface area contributed by atoms with Crippen LogP contribution in [-0.4, -0.2) is 30.6 Å². The molecule has 0 radical (unpaired) electrons. The highest BCUT2D eigenvalue weighted by molar-refractivity contribution is 6.30. The Hall–Kier alpha value is -1.35. The topological polar surface area (TPSA) is 23.5 Å². The molecular formula is C22H28ClNO. The third-order valence-corrected chi connectivity index (χ3v) is 5.78. The predicted octanol–water partition coefficient (Wildman–Crippen LogP) is 4.75. The summed E-state index contributed by atoms with van der Waals surface area (Å²) in [6, 6.07) is 18.3. The number of aliphatic hydroxyl groups is 1. The van der Waals surface area contributed by atoms with Gasteiger partial charge >= 0.3 is 0 Å². The van der Waals surface area contributed by atoms with E-state index in [1.807, 2.05) is 30.3 Å². The lowest BCUT2D eigenvalue weighted by molar-refractivity contribution is -0.107. The summed E-state index contributed by atoms with van der Waals surface area (Å²) in [4.78, 5) is 2.19. The molecular weight excluding hydrogens is 330 g/mol. The molecule has 25 heavy (non-hydrogen) atoms. The van der Waals surface area contributed by atoms with Gasteiger partial charge in [0, 0.05) is 17.5 Å². The Balaban J connectivity index is 1.99. The maximum Gasteiger partial charge on any atom is 0.0968 e. The van der Waals surface area contributed by atoms with Crippen molar-refractivity contribution in [1.29, 1.82) is 0 Å². The molecule has 0 saturated heterocycles. The zero-order valence-corrected chi connectivity index (χ0v) is 15.9. The van der Waals surface area contributed by atoms with Crippen molar-refractivity contribution < 1.29 is 5.11 Å². The van der Waals surface area contributed by atoms with E-state index >= 15 is 0 Å². The summed E-state index contributed by atoms with van der Waals surface area (Å²) in [5.74, 6) is 0.412. The fraction of sp³-hybridized carbons (Fsp3) is 0.455. The fourth-order valence-corrected chi connectivity index (χ4v) is 4.61. The third kappa shape index (κ3) is 4.08. The smallest absolute Gasteiger partial charge is 0.0968 e. The lowest BCUT2D eigenvalue weighted by atomic mass is 9.63. The van der Waals surface area contributed by atoms with Gasteiger partial charge in [-0.2, -0.15) is 0 Å². The Morgan fingerprint density at radius 3 is 2.44 bits per heavy atom. The molecule has 0 amide bonds. The van der Waals surface area contributed by atoms with Gasteiger partial charge in [-0.15, -0.1) is 0 Å². The highest BCUT2D eigenvalue weighted by Crippen LogP contribution is 2.47. The van der Waals surface area contributed by atoms with Crippen LogP contribution in [0.15, 0.2) is 54.6 Å². The van der Waals surface area contributed by atoms with Gasteiger partial charge < -0.3 is 10.0 Å². The fourth-order valence-electron chi connectivity index (χ4n) is 4.42. The molecule has 0 bridgehead atoms.